The zero-order valence-corrected chi connectivity index (χ0v) is 16.7. The molecule has 0 bridgehead atoms. The van der Waals surface area contributed by atoms with Crippen LogP contribution in [-0.2, 0) is 14.3 Å². The lowest BCUT2D eigenvalue weighted by atomic mass is 9.76. The van der Waals surface area contributed by atoms with Crippen molar-refractivity contribution in [1.29, 1.82) is 0 Å². The van der Waals surface area contributed by atoms with Crippen molar-refractivity contribution in [1.82, 2.24) is 0 Å². The summed E-state index contributed by atoms with van der Waals surface area (Å²) in [5.41, 5.74) is -0.495. The lowest BCUT2D eigenvalue weighted by molar-refractivity contribution is -0.155. The van der Waals surface area contributed by atoms with Crippen molar-refractivity contribution in [2.45, 2.75) is 123 Å². The van der Waals surface area contributed by atoms with Crippen molar-refractivity contribution >= 4 is 11.9 Å². The molecule has 0 aromatic rings. The van der Waals surface area contributed by atoms with E-state index in [1.807, 2.05) is 0 Å². The second kappa shape index (κ2) is 13.4. The Labute approximate surface area is 155 Å². The Morgan fingerprint density at radius 1 is 0.680 bits per heavy atom. The first kappa shape index (κ1) is 22.2. The van der Waals surface area contributed by atoms with Crippen LogP contribution in [0.2, 0.25) is 0 Å². The molecule has 1 aliphatic heterocycles. The Hall–Kier alpha value is -0.860. The van der Waals surface area contributed by atoms with Crippen LogP contribution in [0.15, 0.2) is 0 Å². The minimum Gasteiger partial charge on any atom is -0.393 e. The zero-order chi connectivity index (χ0) is 18.4. The Balaban J connectivity index is 2.18. The van der Waals surface area contributed by atoms with Gasteiger partial charge in [0.05, 0.1) is 11.8 Å². The van der Waals surface area contributed by atoms with Gasteiger partial charge in [-0.3, -0.25) is 9.59 Å². The molecular formula is C22H40O3. The van der Waals surface area contributed by atoms with Crippen LogP contribution in [0.1, 0.15) is 123 Å². The molecule has 146 valence electrons. The summed E-state index contributed by atoms with van der Waals surface area (Å²) in [7, 11) is 0. The molecule has 0 radical (unpaired) electrons. The molecule has 0 aromatic heterocycles. The minimum absolute atomic E-state index is 0.245. The molecule has 1 unspecified atom stereocenters. The molecule has 1 atom stereocenters. The van der Waals surface area contributed by atoms with Gasteiger partial charge in [-0.25, -0.2) is 0 Å². The summed E-state index contributed by atoms with van der Waals surface area (Å²) in [4.78, 5) is 23.8. The van der Waals surface area contributed by atoms with Crippen LogP contribution in [0.25, 0.3) is 0 Å². The molecule has 1 saturated heterocycles. The van der Waals surface area contributed by atoms with Crippen LogP contribution in [0, 0.1) is 5.41 Å². The van der Waals surface area contributed by atoms with Crippen LogP contribution < -0.4 is 0 Å². The van der Waals surface area contributed by atoms with Gasteiger partial charge in [-0.1, -0.05) is 104 Å². The number of rotatable bonds is 16. The SMILES string of the molecule is CCCCCCCCCCCCC1(CCCCCC)CC(=O)OC1=O. The fourth-order valence-electron chi connectivity index (χ4n) is 3.94. The minimum atomic E-state index is -0.495. The first-order valence-electron chi connectivity index (χ1n) is 10.9. The van der Waals surface area contributed by atoms with Crippen LogP contribution >= 0.6 is 0 Å². The topological polar surface area (TPSA) is 43.4 Å². The standard InChI is InChI=1S/C22H40O3/c1-3-5-7-9-10-11-12-13-14-16-18-22(17-15-8-6-4-2)19-20(23)25-21(22)24/h3-19H2,1-2H3. The first-order chi connectivity index (χ1) is 12.1. The largest absolute Gasteiger partial charge is 0.393 e. The highest BCUT2D eigenvalue weighted by molar-refractivity contribution is 5.97. The molecule has 25 heavy (non-hydrogen) atoms. The molecule has 0 aliphatic carbocycles. The Bertz CT molecular complexity index is 377. The van der Waals surface area contributed by atoms with Crippen molar-refractivity contribution in [2.24, 2.45) is 5.41 Å². The number of ether oxygens (including phenoxy) is 1. The smallest absolute Gasteiger partial charge is 0.320 e. The normalized spacial score (nSPS) is 20.2. The average molecular weight is 353 g/mol. The highest BCUT2D eigenvalue weighted by Gasteiger charge is 2.47. The maximum atomic E-state index is 12.2. The predicted octanol–water partition coefficient (Wildman–Crippen LogP) is 6.73. The lowest BCUT2D eigenvalue weighted by Gasteiger charge is -2.23. The summed E-state index contributed by atoms with van der Waals surface area (Å²) in [5.74, 6) is -0.558. The molecule has 0 N–H and O–H groups in total. The maximum absolute atomic E-state index is 12.2. The van der Waals surface area contributed by atoms with E-state index < -0.39 is 5.41 Å². The van der Waals surface area contributed by atoms with E-state index in [-0.39, 0.29) is 11.9 Å². The van der Waals surface area contributed by atoms with Gasteiger partial charge in [0.25, 0.3) is 0 Å². The maximum Gasteiger partial charge on any atom is 0.320 e. The van der Waals surface area contributed by atoms with Crippen LogP contribution in [0.4, 0.5) is 0 Å². The highest BCUT2D eigenvalue weighted by Crippen LogP contribution is 2.41. The van der Waals surface area contributed by atoms with E-state index in [0.717, 1.165) is 32.1 Å². The summed E-state index contributed by atoms with van der Waals surface area (Å²) < 4.78 is 4.90. The molecule has 0 amide bonds. The van der Waals surface area contributed by atoms with Crippen LogP contribution in [-0.4, -0.2) is 11.9 Å². The van der Waals surface area contributed by atoms with E-state index in [1.165, 1.54) is 70.6 Å². The fraction of sp³-hybridized carbons (Fsp3) is 0.909. The third kappa shape index (κ3) is 8.87. The molecule has 1 rings (SSSR count). The number of carbonyl (C=O) groups excluding carboxylic acids is 2. The Morgan fingerprint density at radius 2 is 1.08 bits per heavy atom. The number of hydrogen-bond acceptors (Lipinski definition) is 3. The lowest BCUT2D eigenvalue weighted by Crippen LogP contribution is -2.26. The number of cyclic esters (lactones) is 2. The van der Waals surface area contributed by atoms with Gasteiger partial charge in [0.15, 0.2) is 0 Å². The van der Waals surface area contributed by atoms with Gasteiger partial charge >= 0.3 is 11.9 Å². The van der Waals surface area contributed by atoms with Gasteiger partial charge in [-0.2, -0.15) is 0 Å². The van der Waals surface area contributed by atoms with Crippen molar-refractivity contribution in [3.05, 3.63) is 0 Å². The summed E-state index contributed by atoms with van der Waals surface area (Å²) in [6.07, 6.45) is 19.5. The number of unbranched alkanes of at least 4 members (excludes halogenated alkanes) is 12. The summed E-state index contributed by atoms with van der Waals surface area (Å²) >= 11 is 0. The molecule has 3 nitrogen and oxygen atoms in total. The quantitative estimate of drug-likeness (QED) is 0.176. The van der Waals surface area contributed by atoms with Crippen LogP contribution in [0.3, 0.4) is 0 Å². The van der Waals surface area contributed by atoms with Crippen molar-refractivity contribution in [2.75, 3.05) is 0 Å². The van der Waals surface area contributed by atoms with E-state index in [2.05, 4.69) is 13.8 Å². The van der Waals surface area contributed by atoms with Crippen LogP contribution in [0.5, 0.6) is 0 Å². The number of hydrogen-bond donors (Lipinski definition) is 0. The van der Waals surface area contributed by atoms with Crippen molar-refractivity contribution in [3.8, 4) is 0 Å². The molecule has 1 heterocycles. The predicted molar refractivity (Wildman–Crippen MR) is 103 cm³/mol. The molecule has 0 aromatic carbocycles. The number of carbonyl (C=O) groups is 2. The van der Waals surface area contributed by atoms with Crippen molar-refractivity contribution < 1.29 is 14.3 Å². The Morgan fingerprint density at radius 3 is 1.48 bits per heavy atom. The monoisotopic (exact) mass is 352 g/mol. The van der Waals surface area contributed by atoms with Gasteiger partial charge < -0.3 is 4.74 Å². The second-order valence-electron chi connectivity index (χ2n) is 7.96. The van der Waals surface area contributed by atoms with Gasteiger partial charge in [0.2, 0.25) is 0 Å². The van der Waals surface area contributed by atoms with Gasteiger partial charge in [0, 0.05) is 0 Å². The second-order valence-corrected chi connectivity index (χ2v) is 7.96. The molecule has 3 heteroatoms. The Kier molecular flexibility index (Phi) is 11.9. The van der Waals surface area contributed by atoms with Gasteiger partial charge in [-0.05, 0) is 12.8 Å². The molecular weight excluding hydrogens is 312 g/mol. The third-order valence-electron chi connectivity index (χ3n) is 5.64. The molecule has 1 fully saturated rings. The van der Waals surface area contributed by atoms with E-state index in [0.29, 0.717) is 6.42 Å². The number of esters is 2. The van der Waals surface area contributed by atoms with Gasteiger partial charge in [-0.15, -0.1) is 0 Å². The molecule has 0 spiro atoms. The van der Waals surface area contributed by atoms with Crippen molar-refractivity contribution in [3.63, 3.8) is 0 Å². The first-order valence-corrected chi connectivity index (χ1v) is 10.9. The summed E-state index contributed by atoms with van der Waals surface area (Å²) in [6.45, 7) is 4.44. The third-order valence-corrected chi connectivity index (χ3v) is 5.64. The highest BCUT2D eigenvalue weighted by atomic mass is 16.6. The average Bonchev–Trinajstić information content (AvgIpc) is 2.87. The van der Waals surface area contributed by atoms with Gasteiger partial charge in [0.1, 0.15) is 0 Å². The summed E-state index contributed by atoms with van der Waals surface area (Å²) in [6, 6.07) is 0. The van der Waals surface area contributed by atoms with E-state index in [9.17, 15) is 9.59 Å². The van der Waals surface area contributed by atoms with E-state index in [4.69, 9.17) is 4.74 Å². The summed E-state index contributed by atoms with van der Waals surface area (Å²) in [5, 5.41) is 0. The fourth-order valence-corrected chi connectivity index (χ4v) is 3.94. The van der Waals surface area contributed by atoms with E-state index >= 15 is 0 Å². The zero-order valence-electron chi connectivity index (χ0n) is 16.7. The molecule has 1 aliphatic rings. The van der Waals surface area contributed by atoms with E-state index in [1.54, 1.807) is 0 Å². The molecule has 0 saturated carbocycles.